The van der Waals surface area contributed by atoms with E-state index >= 15 is 0 Å². The first kappa shape index (κ1) is 11.3. The second-order valence-electron chi connectivity index (χ2n) is 2.34. The molecule has 1 rings (SSSR count). The minimum absolute atomic E-state index is 0.0690. The van der Waals surface area contributed by atoms with Gasteiger partial charge in [0.2, 0.25) is 0 Å². The van der Waals surface area contributed by atoms with Gasteiger partial charge in [0.1, 0.15) is 5.56 Å². The SMILES string of the molecule is O=C(Cl)c1c(C(F)F)[nH]c(Br)cc1=O. The van der Waals surface area contributed by atoms with E-state index in [1.807, 2.05) is 0 Å². The Kier molecular flexibility index (Phi) is 3.38. The van der Waals surface area contributed by atoms with Crippen LogP contribution < -0.4 is 5.43 Å². The van der Waals surface area contributed by atoms with Gasteiger partial charge in [0.15, 0.2) is 5.43 Å². The van der Waals surface area contributed by atoms with E-state index in [4.69, 9.17) is 11.6 Å². The number of pyridine rings is 1. The van der Waals surface area contributed by atoms with Gasteiger partial charge in [-0.1, -0.05) is 0 Å². The summed E-state index contributed by atoms with van der Waals surface area (Å²) in [6, 6.07) is 0.960. The molecule has 0 spiro atoms. The number of H-pyrrole nitrogens is 1. The minimum Gasteiger partial charge on any atom is -0.348 e. The van der Waals surface area contributed by atoms with Crippen LogP contribution >= 0.6 is 27.5 Å². The zero-order chi connectivity index (χ0) is 10.9. The van der Waals surface area contributed by atoms with Crippen molar-refractivity contribution in [2.45, 2.75) is 6.43 Å². The van der Waals surface area contributed by atoms with E-state index in [9.17, 15) is 18.4 Å². The second-order valence-corrected chi connectivity index (χ2v) is 3.54. The molecule has 76 valence electrons. The Morgan fingerprint density at radius 1 is 1.57 bits per heavy atom. The molecule has 1 heterocycles. The monoisotopic (exact) mass is 285 g/mol. The fraction of sp³-hybridized carbons (Fsp3) is 0.143. The lowest BCUT2D eigenvalue weighted by Crippen LogP contribution is -2.16. The lowest BCUT2D eigenvalue weighted by atomic mass is 10.2. The fourth-order valence-corrected chi connectivity index (χ4v) is 1.53. The Bertz CT molecular complexity index is 432. The van der Waals surface area contributed by atoms with Crippen LogP contribution in [0.2, 0.25) is 0 Å². The molecule has 0 radical (unpaired) electrons. The molecule has 0 saturated heterocycles. The molecule has 0 aromatic carbocycles. The van der Waals surface area contributed by atoms with E-state index in [0.29, 0.717) is 0 Å². The molecule has 0 saturated carbocycles. The van der Waals surface area contributed by atoms with Crippen LogP contribution in [0.15, 0.2) is 15.5 Å². The summed E-state index contributed by atoms with van der Waals surface area (Å²) in [5.41, 5.74) is -2.33. The number of rotatable bonds is 2. The van der Waals surface area contributed by atoms with E-state index in [-0.39, 0.29) is 4.60 Å². The van der Waals surface area contributed by atoms with Crippen LogP contribution in [0.25, 0.3) is 0 Å². The molecular weight excluding hydrogens is 283 g/mol. The van der Waals surface area contributed by atoms with Crippen molar-refractivity contribution in [3.63, 3.8) is 0 Å². The van der Waals surface area contributed by atoms with Crippen molar-refractivity contribution >= 4 is 32.8 Å². The van der Waals surface area contributed by atoms with Crippen LogP contribution in [0, 0.1) is 0 Å². The molecular formula is C7H3BrClF2NO2. The van der Waals surface area contributed by atoms with Gasteiger partial charge >= 0.3 is 0 Å². The average Bonchev–Trinajstić information content (AvgIpc) is 2.01. The lowest BCUT2D eigenvalue weighted by molar-refractivity contribution is 0.106. The van der Waals surface area contributed by atoms with Crippen molar-refractivity contribution in [1.29, 1.82) is 0 Å². The fourth-order valence-electron chi connectivity index (χ4n) is 0.914. The third kappa shape index (κ3) is 2.19. The Balaban J connectivity index is 3.53. The van der Waals surface area contributed by atoms with E-state index < -0.39 is 28.4 Å². The number of aromatic nitrogens is 1. The molecule has 0 bridgehead atoms. The number of hydrogen-bond donors (Lipinski definition) is 1. The quantitative estimate of drug-likeness (QED) is 0.670. The maximum Gasteiger partial charge on any atom is 0.279 e. The number of halogens is 4. The first-order valence-corrected chi connectivity index (χ1v) is 4.51. The number of hydrogen-bond acceptors (Lipinski definition) is 2. The highest BCUT2D eigenvalue weighted by Crippen LogP contribution is 2.21. The zero-order valence-corrected chi connectivity index (χ0v) is 8.82. The zero-order valence-electron chi connectivity index (χ0n) is 6.48. The van der Waals surface area contributed by atoms with Crippen LogP contribution in [-0.4, -0.2) is 10.2 Å². The third-order valence-corrected chi connectivity index (χ3v) is 2.06. The molecule has 0 fully saturated rings. The summed E-state index contributed by atoms with van der Waals surface area (Å²) in [7, 11) is 0. The van der Waals surface area contributed by atoms with Crippen LogP contribution in [0.1, 0.15) is 22.5 Å². The minimum atomic E-state index is -2.96. The molecule has 0 aliphatic carbocycles. The lowest BCUT2D eigenvalue weighted by Gasteiger charge is -2.04. The number of carbonyl (C=O) groups excluding carboxylic acids is 1. The molecule has 1 aromatic heterocycles. The van der Waals surface area contributed by atoms with Gasteiger partial charge in [0, 0.05) is 6.07 Å². The summed E-state index contributed by atoms with van der Waals surface area (Å²) in [5, 5.41) is -1.20. The van der Waals surface area contributed by atoms with Crippen molar-refractivity contribution < 1.29 is 13.6 Å². The van der Waals surface area contributed by atoms with Crippen LogP contribution in [0.3, 0.4) is 0 Å². The molecule has 0 aliphatic rings. The second kappa shape index (κ2) is 4.18. The maximum absolute atomic E-state index is 12.3. The number of carbonyl (C=O) groups is 1. The predicted molar refractivity (Wildman–Crippen MR) is 49.9 cm³/mol. The molecule has 0 amide bonds. The predicted octanol–water partition coefficient (Wildman–Crippen LogP) is 2.45. The van der Waals surface area contributed by atoms with Gasteiger partial charge in [-0.25, -0.2) is 8.78 Å². The van der Waals surface area contributed by atoms with Gasteiger partial charge in [-0.05, 0) is 27.5 Å². The summed E-state index contributed by atoms with van der Waals surface area (Å²) in [5.74, 6) is 0. The standard InChI is InChI=1S/C7H3BrClF2NO2/c8-3-1-2(13)4(6(9)14)5(12-3)7(10)11/h1,7H,(H,12,13). The molecule has 1 N–H and O–H groups in total. The average molecular weight is 286 g/mol. The third-order valence-electron chi connectivity index (χ3n) is 1.44. The molecule has 3 nitrogen and oxygen atoms in total. The number of nitrogens with one attached hydrogen (secondary N) is 1. The van der Waals surface area contributed by atoms with E-state index in [0.717, 1.165) is 6.07 Å². The van der Waals surface area contributed by atoms with Crippen LogP contribution in [-0.2, 0) is 0 Å². The summed E-state index contributed by atoms with van der Waals surface area (Å²) < 4.78 is 24.8. The van der Waals surface area contributed by atoms with Crippen molar-refractivity contribution in [2.24, 2.45) is 0 Å². The first-order chi connectivity index (χ1) is 6.43. The highest BCUT2D eigenvalue weighted by atomic mass is 79.9. The largest absolute Gasteiger partial charge is 0.348 e. The van der Waals surface area contributed by atoms with Crippen molar-refractivity contribution in [3.8, 4) is 0 Å². The Hall–Kier alpha value is -0.750. The van der Waals surface area contributed by atoms with Crippen molar-refractivity contribution in [1.82, 2.24) is 4.98 Å². The Morgan fingerprint density at radius 2 is 2.14 bits per heavy atom. The molecule has 14 heavy (non-hydrogen) atoms. The highest BCUT2D eigenvalue weighted by Gasteiger charge is 2.21. The Morgan fingerprint density at radius 3 is 2.57 bits per heavy atom. The Labute approximate surface area is 90.2 Å². The van der Waals surface area contributed by atoms with Crippen molar-refractivity contribution in [2.75, 3.05) is 0 Å². The summed E-state index contributed by atoms with van der Waals surface area (Å²) in [4.78, 5) is 24.0. The van der Waals surface area contributed by atoms with E-state index in [2.05, 4.69) is 20.9 Å². The summed E-state index contributed by atoms with van der Waals surface area (Å²) >= 11 is 7.82. The molecule has 0 atom stereocenters. The van der Waals surface area contributed by atoms with Gasteiger partial charge in [0.05, 0.1) is 10.3 Å². The van der Waals surface area contributed by atoms with E-state index in [1.54, 1.807) is 0 Å². The number of aromatic amines is 1. The highest BCUT2D eigenvalue weighted by molar-refractivity contribution is 9.10. The van der Waals surface area contributed by atoms with Gasteiger partial charge in [-0.2, -0.15) is 0 Å². The van der Waals surface area contributed by atoms with Gasteiger partial charge in [-0.3, -0.25) is 9.59 Å². The summed E-state index contributed by atoms with van der Waals surface area (Å²) in [6.07, 6.45) is -2.96. The van der Waals surface area contributed by atoms with Crippen molar-refractivity contribution in [3.05, 3.63) is 32.2 Å². The molecule has 0 aliphatic heterocycles. The number of alkyl halides is 2. The normalized spacial score (nSPS) is 10.6. The van der Waals surface area contributed by atoms with Crippen LogP contribution in [0.4, 0.5) is 8.78 Å². The smallest absolute Gasteiger partial charge is 0.279 e. The van der Waals surface area contributed by atoms with Gasteiger partial charge in [-0.15, -0.1) is 0 Å². The maximum atomic E-state index is 12.3. The van der Waals surface area contributed by atoms with Crippen LogP contribution in [0.5, 0.6) is 0 Å². The first-order valence-electron chi connectivity index (χ1n) is 3.34. The van der Waals surface area contributed by atoms with Gasteiger partial charge < -0.3 is 4.98 Å². The topological polar surface area (TPSA) is 49.9 Å². The molecule has 7 heteroatoms. The van der Waals surface area contributed by atoms with Gasteiger partial charge in [0.25, 0.3) is 11.7 Å². The molecule has 0 unspecified atom stereocenters. The van der Waals surface area contributed by atoms with E-state index in [1.165, 1.54) is 0 Å². The summed E-state index contributed by atoms with van der Waals surface area (Å²) in [6.45, 7) is 0. The molecule has 1 aromatic rings.